The van der Waals surface area contributed by atoms with Crippen molar-refractivity contribution < 1.29 is 23.1 Å². The molecule has 0 saturated carbocycles. The molecule has 92 valence electrons. The molecule has 17 heavy (non-hydrogen) atoms. The second kappa shape index (κ2) is 4.93. The molecule has 0 amide bonds. The van der Waals surface area contributed by atoms with Crippen molar-refractivity contribution in [2.24, 2.45) is 0 Å². The van der Waals surface area contributed by atoms with Crippen LogP contribution in [0.15, 0.2) is 18.2 Å². The van der Waals surface area contributed by atoms with Gasteiger partial charge in [-0.25, -0.2) is 4.98 Å². The third-order valence-electron chi connectivity index (χ3n) is 1.61. The molecule has 0 aromatic carbocycles. The van der Waals surface area contributed by atoms with E-state index in [1.54, 1.807) is 0 Å². The normalized spacial score (nSPS) is 12.6. The van der Waals surface area contributed by atoms with Crippen LogP contribution in [0, 0.1) is 0 Å². The predicted octanol–water partition coefficient (Wildman–Crippen LogP) is 3.42. The lowest BCUT2D eigenvalue weighted by Gasteiger charge is -2.03. The lowest BCUT2D eigenvalue weighted by Crippen LogP contribution is -2.20. The summed E-state index contributed by atoms with van der Waals surface area (Å²) in [6.07, 6.45) is -5.00. The Bertz CT molecular complexity index is 465. The third-order valence-corrected chi connectivity index (χ3v) is 1.99. The number of carbonyl (C=O) groups is 1. The number of aliphatic hydroxyl groups excluding tert-OH is 1. The molecule has 1 N–H and O–H groups in total. The van der Waals surface area contributed by atoms with E-state index in [1.165, 1.54) is 0 Å². The van der Waals surface area contributed by atoms with Crippen molar-refractivity contribution in [3.05, 3.63) is 34.1 Å². The number of aromatic nitrogens is 1. The number of aliphatic hydroxyl groups is 1. The lowest BCUT2D eigenvalue weighted by atomic mass is 10.2. The van der Waals surface area contributed by atoms with Gasteiger partial charge in [0.15, 0.2) is 0 Å². The maximum absolute atomic E-state index is 11.9. The largest absolute Gasteiger partial charge is 0.507 e. The van der Waals surface area contributed by atoms with E-state index in [0.717, 1.165) is 12.1 Å². The first kappa shape index (κ1) is 13.8. The zero-order valence-electron chi connectivity index (χ0n) is 7.92. The van der Waals surface area contributed by atoms with Crippen molar-refractivity contribution in [1.29, 1.82) is 0 Å². The predicted molar refractivity (Wildman–Crippen MR) is 55.9 cm³/mol. The summed E-state index contributed by atoms with van der Waals surface area (Å²) in [5, 5.41) is 9.06. The summed E-state index contributed by atoms with van der Waals surface area (Å²) < 4.78 is 35.7. The molecule has 0 aliphatic rings. The molecule has 0 bridgehead atoms. The van der Waals surface area contributed by atoms with Gasteiger partial charge in [0, 0.05) is 11.6 Å². The van der Waals surface area contributed by atoms with E-state index in [2.05, 4.69) is 4.98 Å². The number of ketones is 1. The molecule has 0 fully saturated rings. The van der Waals surface area contributed by atoms with Crippen LogP contribution in [-0.2, 0) is 4.79 Å². The summed E-state index contributed by atoms with van der Waals surface area (Å²) in [5.41, 5.74) is -0.132. The van der Waals surface area contributed by atoms with Crippen LogP contribution in [0.3, 0.4) is 0 Å². The highest BCUT2D eigenvalue weighted by Crippen LogP contribution is 2.22. The number of pyridine rings is 1. The molecule has 1 heterocycles. The van der Waals surface area contributed by atoms with Crippen LogP contribution < -0.4 is 0 Å². The van der Waals surface area contributed by atoms with Gasteiger partial charge in [-0.3, -0.25) is 4.79 Å². The van der Waals surface area contributed by atoms with E-state index in [1.807, 2.05) is 0 Å². The van der Waals surface area contributed by atoms with Crippen LogP contribution in [-0.4, -0.2) is 22.1 Å². The maximum atomic E-state index is 11.9. The van der Waals surface area contributed by atoms with Gasteiger partial charge in [-0.1, -0.05) is 23.2 Å². The molecule has 1 aromatic heterocycles. The Hall–Kier alpha value is -1.27. The zero-order valence-corrected chi connectivity index (χ0v) is 9.44. The minimum absolute atomic E-state index is 0.0436. The van der Waals surface area contributed by atoms with Crippen LogP contribution in [0.4, 0.5) is 13.2 Å². The van der Waals surface area contributed by atoms with Crippen LogP contribution in [0.5, 0.6) is 0 Å². The molecule has 1 aromatic rings. The van der Waals surface area contributed by atoms with Crippen molar-refractivity contribution in [2.75, 3.05) is 0 Å². The second-order valence-corrected chi connectivity index (χ2v) is 3.67. The molecule has 0 atom stereocenters. The molecule has 0 spiro atoms. The summed E-state index contributed by atoms with van der Waals surface area (Å²) in [6, 6.07) is 2.14. The molecular weight excluding hydrogens is 282 g/mol. The van der Waals surface area contributed by atoms with Gasteiger partial charge in [0.1, 0.15) is 16.1 Å². The van der Waals surface area contributed by atoms with Crippen molar-refractivity contribution in [3.8, 4) is 0 Å². The number of alkyl halides is 3. The van der Waals surface area contributed by atoms with E-state index in [9.17, 15) is 23.1 Å². The number of carbonyl (C=O) groups excluding carboxylic acids is 1. The van der Waals surface area contributed by atoms with Gasteiger partial charge < -0.3 is 5.11 Å². The van der Waals surface area contributed by atoms with E-state index >= 15 is 0 Å². The number of rotatable bonds is 2. The average Bonchev–Trinajstić information content (AvgIpc) is 2.14. The summed E-state index contributed by atoms with van der Waals surface area (Å²) in [6.45, 7) is 0. The fraction of sp³-hybridized carbons (Fsp3) is 0.111. The van der Waals surface area contributed by atoms with Crippen LogP contribution in [0.2, 0.25) is 10.3 Å². The Morgan fingerprint density at radius 1 is 1.29 bits per heavy atom. The number of allylic oxidation sites excluding steroid dienone is 1. The van der Waals surface area contributed by atoms with Crippen molar-refractivity contribution in [2.45, 2.75) is 6.18 Å². The first-order chi connectivity index (χ1) is 7.70. The molecule has 3 nitrogen and oxygen atoms in total. The molecular formula is C9H4Cl2F3NO2. The first-order valence-corrected chi connectivity index (χ1v) is 4.81. The Morgan fingerprint density at radius 3 is 2.18 bits per heavy atom. The zero-order chi connectivity index (χ0) is 13.2. The van der Waals surface area contributed by atoms with Crippen molar-refractivity contribution >= 4 is 34.7 Å². The highest BCUT2D eigenvalue weighted by Gasteiger charge is 2.37. The lowest BCUT2D eigenvalue weighted by molar-refractivity contribution is -0.165. The molecule has 0 radical (unpaired) electrons. The van der Waals surface area contributed by atoms with Gasteiger partial charge in [-0.05, 0) is 12.1 Å². The highest BCUT2D eigenvalue weighted by atomic mass is 35.5. The third kappa shape index (κ3) is 3.90. The smallest absolute Gasteiger partial charge is 0.454 e. The molecule has 1 rings (SSSR count). The molecule has 0 aliphatic carbocycles. The first-order valence-electron chi connectivity index (χ1n) is 4.05. The quantitative estimate of drug-likeness (QED) is 0.515. The molecule has 0 unspecified atom stereocenters. The van der Waals surface area contributed by atoms with Crippen LogP contribution in [0.25, 0.3) is 5.76 Å². The van der Waals surface area contributed by atoms with Gasteiger partial charge in [0.25, 0.3) is 5.78 Å². The van der Waals surface area contributed by atoms with Crippen LogP contribution in [0.1, 0.15) is 5.56 Å². The van der Waals surface area contributed by atoms with E-state index in [0.29, 0.717) is 0 Å². The van der Waals surface area contributed by atoms with E-state index in [4.69, 9.17) is 23.2 Å². The number of halogens is 5. The van der Waals surface area contributed by atoms with Crippen molar-refractivity contribution in [3.63, 3.8) is 0 Å². The summed E-state index contributed by atoms with van der Waals surface area (Å²) >= 11 is 11.0. The minimum atomic E-state index is -5.05. The average molecular weight is 286 g/mol. The van der Waals surface area contributed by atoms with Gasteiger partial charge in [0.05, 0.1) is 0 Å². The maximum Gasteiger partial charge on any atom is 0.454 e. The summed E-state index contributed by atoms with van der Waals surface area (Å²) in [5.74, 6) is -3.07. The monoisotopic (exact) mass is 285 g/mol. The minimum Gasteiger partial charge on any atom is -0.507 e. The molecule has 8 heteroatoms. The summed E-state index contributed by atoms with van der Waals surface area (Å²) in [7, 11) is 0. The van der Waals surface area contributed by atoms with Gasteiger partial charge in [-0.2, -0.15) is 13.2 Å². The molecule has 0 saturated heterocycles. The van der Waals surface area contributed by atoms with Gasteiger partial charge in [0.2, 0.25) is 0 Å². The Morgan fingerprint density at radius 2 is 1.76 bits per heavy atom. The number of hydrogen-bond donors (Lipinski definition) is 1. The molecule has 0 aliphatic heterocycles. The van der Waals surface area contributed by atoms with E-state index < -0.39 is 17.7 Å². The Balaban J connectivity index is 3.08. The fourth-order valence-electron chi connectivity index (χ4n) is 0.902. The SMILES string of the molecule is O=C(/C=C(\O)c1cc(Cl)nc(Cl)c1)C(F)(F)F. The number of hydrogen-bond acceptors (Lipinski definition) is 3. The number of nitrogens with zero attached hydrogens (tertiary/aromatic N) is 1. The van der Waals surface area contributed by atoms with E-state index in [-0.39, 0.29) is 21.9 Å². The topological polar surface area (TPSA) is 50.2 Å². The highest BCUT2D eigenvalue weighted by molar-refractivity contribution is 6.32. The van der Waals surface area contributed by atoms with Crippen molar-refractivity contribution in [1.82, 2.24) is 4.98 Å². The van der Waals surface area contributed by atoms with Gasteiger partial charge >= 0.3 is 6.18 Å². The summed E-state index contributed by atoms with van der Waals surface area (Å²) in [4.78, 5) is 14.1. The van der Waals surface area contributed by atoms with Crippen LogP contribution >= 0.6 is 23.2 Å². The second-order valence-electron chi connectivity index (χ2n) is 2.89. The Kier molecular flexibility index (Phi) is 4.00. The Labute approximate surface area is 103 Å². The fourth-order valence-corrected chi connectivity index (χ4v) is 1.36. The standard InChI is InChI=1S/C9H4Cl2F3NO2/c10-7-1-4(2-8(11)15-7)5(16)3-6(17)9(12,13)14/h1-3,16H/b5-3-. The van der Waals surface area contributed by atoms with Gasteiger partial charge in [-0.15, -0.1) is 0 Å².